The average Bonchev–Trinajstić information content (AvgIpc) is 3.05. The second-order valence-corrected chi connectivity index (χ2v) is 6.15. The Morgan fingerprint density at radius 1 is 1.47 bits per heavy atom. The summed E-state index contributed by atoms with van der Waals surface area (Å²) in [5.74, 6) is 0.529. The zero-order chi connectivity index (χ0) is 12.4. The minimum atomic E-state index is -0.0209. The Morgan fingerprint density at radius 2 is 2.18 bits per heavy atom. The van der Waals surface area contributed by atoms with Gasteiger partial charge < -0.3 is 11.1 Å². The van der Waals surface area contributed by atoms with Gasteiger partial charge in [-0.3, -0.25) is 4.79 Å². The fourth-order valence-electron chi connectivity index (χ4n) is 1.70. The summed E-state index contributed by atoms with van der Waals surface area (Å²) in [6.07, 6.45) is 2.72. The van der Waals surface area contributed by atoms with Gasteiger partial charge in [0.05, 0.1) is 5.69 Å². The molecule has 0 bridgehead atoms. The predicted octanol–water partition coefficient (Wildman–Crippen LogP) is 3.28. The zero-order valence-corrected chi connectivity index (χ0v) is 12.4. The van der Waals surface area contributed by atoms with Gasteiger partial charge in [0, 0.05) is 21.4 Å². The highest BCUT2D eigenvalue weighted by Gasteiger charge is 2.29. The molecule has 0 spiro atoms. The molecule has 0 aliphatic heterocycles. The fraction of sp³-hybridized carbons (Fsp3) is 0.417. The van der Waals surface area contributed by atoms with E-state index in [2.05, 4.69) is 37.2 Å². The standard InChI is InChI=1S/C12H14Br2N2O/c13-8-3-4-11(9(14)5-8)16-12(17)6-10(15)7-1-2-7/h3-5,7,10H,1-2,6,15H2,(H,16,17). The van der Waals surface area contributed by atoms with Crippen molar-refractivity contribution in [2.24, 2.45) is 11.7 Å². The summed E-state index contributed by atoms with van der Waals surface area (Å²) in [6, 6.07) is 5.65. The van der Waals surface area contributed by atoms with Gasteiger partial charge in [-0.25, -0.2) is 0 Å². The number of hydrogen-bond donors (Lipinski definition) is 2. The van der Waals surface area contributed by atoms with Gasteiger partial charge in [0.1, 0.15) is 0 Å². The summed E-state index contributed by atoms with van der Waals surface area (Å²) in [7, 11) is 0. The molecule has 0 heterocycles. The first kappa shape index (κ1) is 13.1. The monoisotopic (exact) mass is 360 g/mol. The maximum Gasteiger partial charge on any atom is 0.225 e. The summed E-state index contributed by atoms with van der Waals surface area (Å²) in [5.41, 5.74) is 6.69. The average molecular weight is 362 g/mol. The summed E-state index contributed by atoms with van der Waals surface area (Å²) >= 11 is 6.77. The quantitative estimate of drug-likeness (QED) is 0.864. The summed E-state index contributed by atoms with van der Waals surface area (Å²) in [5, 5.41) is 2.86. The molecule has 1 amide bonds. The normalized spacial score (nSPS) is 16.6. The smallest absolute Gasteiger partial charge is 0.225 e. The van der Waals surface area contributed by atoms with E-state index in [0.717, 1.165) is 27.5 Å². The number of hydrogen-bond acceptors (Lipinski definition) is 2. The molecule has 1 aliphatic carbocycles. The first-order valence-electron chi connectivity index (χ1n) is 5.57. The summed E-state index contributed by atoms with van der Waals surface area (Å²) in [4.78, 5) is 11.8. The molecule has 0 radical (unpaired) electrons. The second-order valence-electron chi connectivity index (χ2n) is 4.38. The molecule has 1 fully saturated rings. The molecule has 2 rings (SSSR count). The number of nitrogens with two attached hydrogens (primary N) is 1. The zero-order valence-electron chi connectivity index (χ0n) is 9.25. The van der Waals surface area contributed by atoms with E-state index in [1.165, 1.54) is 0 Å². The predicted molar refractivity (Wildman–Crippen MR) is 75.8 cm³/mol. The van der Waals surface area contributed by atoms with Crippen LogP contribution in [-0.2, 0) is 4.79 Å². The minimum Gasteiger partial charge on any atom is -0.327 e. The molecule has 1 saturated carbocycles. The number of anilines is 1. The van der Waals surface area contributed by atoms with Crippen LogP contribution in [0.3, 0.4) is 0 Å². The van der Waals surface area contributed by atoms with E-state index in [-0.39, 0.29) is 11.9 Å². The van der Waals surface area contributed by atoms with Crippen LogP contribution in [0.5, 0.6) is 0 Å². The van der Waals surface area contributed by atoms with Crippen LogP contribution in [0.15, 0.2) is 27.1 Å². The molecule has 3 nitrogen and oxygen atoms in total. The number of carbonyl (C=O) groups is 1. The SMILES string of the molecule is NC(CC(=O)Nc1ccc(Br)cc1Br)C1CC1. The molecular formula is C12H14Br2N2O. The maximum atomic E-state index is 11.8. The highest BCUT2D eigenvalue weighted by molar-refractivity contribution is 9.11. The van der Waals surface area contributed by atoms with Crippen LogP contribution in [0, 0.1) is 5.92 Å². The van der Waals surface area contributed by atoms with E-state index in [0.29, 0.717) is 12.3 Å². The fourth-order valence-corrected chi connectivity index (χ4v) is 2.84. The number of benzene rings is 1. The van der Waals surface area contributed by atoms with Gasteiger partial charge in [-0.05, 0) is 52.9 Å². The second kappa shape index (κ2) is 5.50. The van der Waals surface area contributed by atoms with Crippen molar-refractivity contribution in [1.29, 1.82) is 0 Å². The van der Waals surface area contributed by atoms with Crippen molar-refractivity contribution in [3.05, 3.63) is 27.1 Å². The van der Waals surface area contributed by atoms with Gasteiger partial charge in [0.25, 0.3) is 0 Å². The molecule has 92 valence electrons. The van der Waals surface area contributed by atoms with Crippen LogP contribution >= 0.6 is 31.9 Å². The third-order valence-corrected chi connectivity index (χ3v) is 4.00. The van der Waals surface area contributed by atoms with Crippen molar-refractivity contribution in [2.75, 3.05) is 5.32 Å². The molecular weight excluding hydrogens is 348 g/mol. The van der Waals surface area contributed by atoms with Crippen molar-refractivity contribution >= 4 is 43.5 Å². The largest absolute Gasteiger partial charge is 0.327 e. The van der Waals surface area contributed by atoms with Gasteiger partial charge in [0.2, 0.25) is 5.91 Å². The molecule has 0 saturated heterocycles. The van der Waals surface area contributed by atoms with Crippen LogP contribution in [0.4, 0.5) is 5.69 Å². The number of amides is 1. The lowest BCUT2D eigenvalue weighted by Crippen LogP contribution is -2.28. The van der Waals surface area contributed by atoms with Crippen molar-refractivity contribution in [1.82, 2.24) is 0 Å². The molecule has 1 aromatic carbocycles. The number of nitrogens with one attached hydrogen (secondary N) is 1. The van der Waals surface area contributed by atoms with E-state index in [1.54, 1.807) is 0 Å². The van der Waals surface area contributed by atoms with Gasteiger partial charge in [-0.1, -0.05) is 15.9 Å². The number of halogens is 2. The third-order valence-electron chi connectivity index (χ3n) is 2.85. The lowest BCUT2D eigenvalue weighted by molar-refractivity contribution is -0.116. The molecule has 17 heavy (non-hydrogen) atoms. The first-order valence-corrected chi connectivity index (χ1v) is 7.15. The molecule has 3 N–H and O–H groups in total. The first-order chi connectivity index (χ1) is 8.06. The van der Waals surface area contributed by atoms with Crippen molar-refractivity contribution in [2.45, 2.75) is 25.3 Å². The third kappa shape index (κ3) is 3.79. The Labute approximate surface area is 117 Å². The van der Waals surface area contributed by atoms with Crippen LogP contribution in [0.2, 0.25) is 0 Å². The Bertz CT molecular complexity index is 433. The van der Waals surface area contributed by atoms with E-state index >= 15 is 0 Å². The summed E-state index contributed by atoms with van der Waals surface area (Å²) in [6.45, 7) is 0. The van der Waals surface area contributed by atoms with Gasteiger partial charge >= 0.3 is 0 Å². The Balaban J connectivity index is 1.92. The van der Waals surface area contributed by atoms with Crippen LogP contribution < -0.4 is 11.1 Å². The molecule has 1 aliphatic rings. The molecule has 1 aromatic rings. The van der Waals surface area contributed by atoms with E-state index < -0.39 is 0 Å². The molecule has 0 aromatic heterocycles. The van der Waals surface area contributed by atoms with E-state index in [9.17, 15) is 4.79 Å². The molecule has 1 atom stereocenters. The molecule has 5 heteroatoms. The number of carbonyl (C=O) groups excluding carboxylic acids is 1. The van der Waals surface area contributed by atoms with Gasteiger partial charge in [0.15, 0.2) is 0 Å². The lowest BCUT2D eigenvalue weighted by Gasteiger charge is -2.11. The molecule has 1 unspecified atom stereocenters. The van der Waals surface area contributed by atoms with Crippen molar-refractivity contribution in [3.63, 3.8) is 0 Å². The van der Waals surface area contributed by atoms with E-state index in [1.807, 2.05) is 18.2 Å². The Morgan fingerprint density at radius 3 is 2.76 bits per heavy atom. The number of rotatable bonds is 4. The van der Waals surface area contributed by atoms with Crippen LogP contribution in [-0.4, -0.2) is 11.9 Å². The topological polar surface area (TPSA) is 55.1 Å². The van der Waals surface area contributed by atoms with Crippen LogP contribution in [0.1, 0.15) is 19.3 Å². The summed E-state index contributed by atoms with van der Waals surface area (Å²) < 4.78 is 1.83. The van der Waals surface area contributed by atoms with Crippen LogP contribution in [0.25, 0.3) is 0 Å². The van der Waals surface area contributed by atoms with Gasteiger partial charge in [-0.2, -0.15) is 0 Å². The maximum absolute atomic E-state index is 11.8. The van der Waals surface area contributed by atoms with E-state index in [4.69, 9.17) is 5.73 Å². The highest BCUT2D eigenvalue weighted by atomic mass is 79.9. The Kier molecular flexibility index (Phi) is 4.22. The van der Waals surface area contributed by atoms with Crippen molar-refractivity contribution < 1.29 is 4.79 Å². The van der Waals surface area contributed by atoms with Crippen molar-refractivity contribution in [3.8, 4) is 0 Å². The highest BCUT2D eigenvalue weighted by Crippen LogP contribution is 2.33. The minimum absolute atomic E-state index is 0.00391. The van der Waals surface area contributed by atoms with Gasteiger partial charge in [-0.15, -0.1) is 0 Å². The Hall–Kier alpha value is -0.390. The lowest BCUT2D eigenvalue weighted by atomic mass is 10.1.